The molecule has 2 aromatic heterocycles. The highest BCUT2D eigenvalue weighted by atomic mass is 32.1. The summed E-state index contributed by atoms with van der Waals surface area (Å²) in [4.78, 5) is 18.1. The van der Waals surface area contributed by atoms with Crippen molar-refractivity contribution in [2.24, 2.45) is 0 Å². The smallest absolute Gasteiger partial charge is 0.202 e. The van der Waals surface area contributed by atoms with Crippen LogP contribution in [-0.2, 0) is 6.54 Å². The Hall–Kier alpha value is -2.70. The Morgan fingerprint density at radius 1 is 1.16 bits per heavy atom. The van der Waals surface area contributed by atoms with Crippen LogP contribution in [0.3, 0.4) is 0 Å². The molecule has 4 aromatic rings. The highest BCUT2D eigenvalue weighted by Crippen LogP contribution is 2.35. The number of phenols is 1. The van der Waals surface area contributed by atoms with Gasteiger partial charge in [-0.05, 0) is 42.6 Å². The van der Waals surface area contributed by atoms with E-state index in [1.807, 2.05) is 12.1 Å². The summed E-state index contributed by atoms with van der Waals surface area (Å²) in [5, 5.41) is 14.9. The molecule has 0 bridgehead atoms. The Kier molecular flexibility index (Phi) is 6.92. The summed E-state index contributed by atoms with van der Waals surface area (Å²) in [6, 6.07) is 9.31. The number of aromatic nitrogens is 1. The number of nitrogens with one attached hydrogen (secondary N) is 1. The van der Waals surface area contributed by atoms with Crippen LogP contribution in [0.2, 0.25) is 0 Å². The first kappa shape index (κ1) is 22.5. The molecular weight excluding hydrogens is 420 g/mol. The fourth-order valence-corrected chi connectivity index (χ4v) is 5.22. The minimum absolute atomic E-state index is 0.124. The molecule has 2 N–H and O–H groups in total. The van der Waals surface area contributed by atoms with E-state index in [9.17, 15) is 9.90 Å². The zero-order valence-corrected chi connectivity index (χ0v) is 19.7. The van der Waals surface area contributed by atoms with Crippen LogP contribution in [0.5, 0.6) is 5.75 Å². The summed E-state index contributed by atoms with van der Waals surface area (Å²) in [5.74, 6) is 0.510. The first-order valence-electron chi connectivity index (χ1n) is 11.4. The second kappa shape index (κ2) is 9.84. The Morgan fingerprint density at radius 3 is 2.78 bits per heavy atom. The van der Waals surface area contributed by atoms with Crippen molar-refractivity contribution in [1.29, 1.82) is 0 Å². The molecule has 0 aliphatic rings. The predicted molar refractivity (Wildman–Crippen MR) is 133 cm³/mol. The van der Waals surface area contributed by atoms with Gasteiger partial charge in [-0.15, -0.1) is 11.3 Å². The van der Waals surface area contributed by atoms with Crippen molar-refractivity contribution < 1.29 is 9.52 Å². The van der Waals surface area contributed by atoms with Gasteiger partial charge in [-0.1, -0.05) is 52.2 Å². The number of hydrogen-bond acceptors (Lipinski definition) is 6. The Labute approximate surface area is 192 Å². The van der Waals surface area contributed by atoms with Crippen LogP contribution in [-0.4, -0.2) is 16.6 Å². The fraction of sp³-hybridized carbons (Fsp3) is 0.385. The third-order valence-corrected chi connectivity index (χ3v) is 6.98. The van der Waals surface area contributed by atoms with E-state index in [-0.39, 0.29) is 11.2 Å². The Balaban J connectivity index is 1.68. The molecule has 0 saturated carbocycles. The van der Waals surface area contributed by atoms with Crippen LogP contribution in [0.4, 0.5) is 0 Å². The normalized spacial score (nSPS) is 11.8. The minimum Gasteiger partial charge on any atom is -0.507 e. The van der Waals surface area contributed by atoms with E-state index in [0.717, 1.165) is 23.2 Å². The lowest BCUT2D eigenvalue weighted by Gasteiger charge is -2.10. The number of fused-ring (bicyclic) bond motifs is 2. The first-order chi connectivity index (χ1) is 15.5. The quantitative estimate of drug-likeness (QED) is 0.282. The van der Waals surface area contributed by atoms with Crippen LogP contribution in [0.1, 0.15) is 63.5 Å². The summed E-state index contributed by atoms with van der Waals surface area (Å²) < 4.78 is 7.03. The maximum atomic E-state index is 13.3. The van der Waals surface area contributed by atoms with Crippen LogP contribution in [0.25, 0.3) is 31.8 Å². The van der Waals surface area contributed by atoms with Crippen LogP contribution >= 0.6 is 11.3 Å². The fourth-order valence-electron chi connectivity index (χ4n) is 4.00. The second-order valence-electron chi connectivity index (χ2n) is 8.53. The Morgan fingerprint density at radius 2 is 2.00 bits per heavy atom. The summed E-state index contributed by atoms with van der Waals surface area (Å²) in [7, 11) is 0. The average molecular weight is 451 g/mol. The van der Waals surface area contributed by atoms with Gasteiger partial charge in [0.05, 0.1) is 26.7 Å². The highest BCUT2D eigenvalue weighted by Gasteiger charge is 2.18. The second-order valence-corrected chi connectivity index (χ2v) is 9.52. The van der Waals surface area contributed by atoms with Crippen molar-refractivity contribution in [3.05, 3.63) is 57.9 Å². The number of unbranched alkanes of at least 4 members (excludes halogenated alkanes) is 3. The van der Waals surface area contributed by atoms with Crippen LogP contribution in [0, 0.1) is 0 Å². The number of phenolic OH excluding ortho intramolecular Hbond substituents is 1. The van der Waals surface area contributed by atoms with E-state index in [2.05, 4.69) is 32.2 Å². The molecule has 168 valence electrons. The molecule has 2 aromatic carbocycles. The molecule has 0 radical (unpaired) electrons. The van der Waals surface area contributed by atoms with E-state index >= 15 is 0 Å². The largest absolute Gasteiger partial charge is 0.507 e. The molecule has 0 aliphatic carbocycles. The van der Waals surface area contributed by atoms with Gasteiger partial charge in [0.1, 0.15) is 22.6 Å². The molecule has 5 nitrogen and oxygen atoms in total. The van der Waals surface area contributed by atoms with Gasteiger partial charge in [0, 0.05) is 6.54 Å². The number of hydrogen-bond donors (Lipinski definition) is 2. The van der Waals surface area contributed by atoms with Gasteiger partial charge < -0.3 is 14.8 Å². The lowest BCUT2D eigenvalue weighted by Crippen LogP contribution is -2.15. The van der Waals surface area contributed by atoms with Crippen molar-refractivity contribution in [2.45, 2.75) is 58.9 Å². The minimum atomic E-state index is -0.124. The number of nitrogens with zero attached hydrogens (tertiary/aromatic N) is 1. The van der Waals surface area contributed by atoms with Gasteiger partial charge >= 0.3 is 0 Å². The summed E-state index contributed by atoms with van der Waals surface area (Å²) >= 11 is 1.53. The molecule has 0 saturated heterocycles. The summed E-state index contributed by atoms with van der Waals surface area (Å²) in [6.45, 7) is 7.82. The van der Waals surface area contributed by atoms with E-state index in [1.54, 1.807) is 12.1 Å². The van der Waals surface area contributed by atoms with E-state index in [1.165, 1.54) is 42.4 Å². The average Bonchev–Trinajstić information content (AvgIpc) is 3.21. The van der Waals surface area contributed by atoms with Crippen molar-refractivity contribution in [3.8, 4) is 16.3 Å². The molecule has 0 fully saturated rings. The van der Waals surface area contributed by atoms with E-state index in [4.69, 9.17) is 9.40 Å². The number of thiazole rings is 1. The maximum Gasteiger partial charge on any atom is 0.202 e. The zero-order valence-electron chi connectivity index (χ0n) is 18.9. The lowest BCUT2D eigenvalue weighted by molar-refractivity contribution is 0.461. The summed E-state index contributed by atoms with van der Waals surface area (Å²) in [5.41, 5.74) is 3.51. The topological polar surface area (TPSA) is 75.4 Å². The van der Waals surface area contributed by atoms with E-state index in [0.29, 0.717) is 39.6 Å². The van der Waals surface area contributed by atoms with Crippen molar-refractivity contribution >= 4 is 32.5 Å². The molecule has 6 heteroatoms. The standard InChI is InChI=1S/C26H30N2O3S/c1-4-5-6-7-13-27-14-19-22(29)12-11-18-23(30)20(15-31-24(18)19)26-28-21-10-8-9-17(16(2)3)25(21)32-26/h8-12,15-16,27,29H,4-7,13-14H2,1-3H3. The summed E-state index contributed by atoms with van der Waals surface area (Å²) in [6.07, 6.45) is 6.18. The molecule has 0 spiro atoms. The molecule has 0 unspecified atom stereocenters. The molecular formula is C26H30N2O3S. The van der Waals surface area contributed by atoms with Gasteiger partial charge in [0.25, 0.3) is 0 Å². The number of benzene rings is 2. The van der Waals surface area contributed by atoms with Gasteiger partial charge in [-0.2, -0.15) is 0 Å². The van der Waals surface area contributed by atoms with E-state index < -0.39 is 0 Å². The third-order valence-electron chi connectivity index (χ3n) is 5.83. The molecule has 2 heterocycles. The molecule has 0 aliphatic heterocycles. The number of rotatable bonds is 9. The predicted octanol–water partition coefficient (Wildman–Crippen LogP) is 6.57. The van der Waals surface area contributed by atoms with Crippen molar-refractivity contribution in [2.75, 3.05) is 6.54 Å². The highest BCUT2D eigenvalue weighted by molar-refractivity contribution is 7.21. The monoisotopic (exact) mass is 450 g/mol. The van der Waals surface area contributed by atoms with Gasteiger partial charge in [0.15, 0.2) is 0 Å². The van der Waals surface area contributed by atoms with Gasteiger partial charge in [-0.3, -0.25) is 4.79 Å². The van der Waals surface area contributed by atoms with Gasteiger partial charge in [0.2, 0.25) is 5.43 Å². The third kappa shape index (κ3) is 4.43. The SMILES string of the molecule is CCCCCCNCc1c(O)ccc2c(=O)c(-c3nc4cccc(C(C)C)c4s3)coc12. The number of aromatic hydroxyl groups is 1. The molecule has 0 amide bonds. The zero-order chi connectivity index (χ0) is 22.7. The Bertz CT molecular complexity index is 1290. The van der Waals surface area contributed by atoms with Crippen LogP contribution in [0.15, 0.2) is 45.8 Å². The first-order valence-corrected chi connectivity index (χ1v) is 12.2. The molecule has 32 heavy (non-hydrogen) atoms. The van der Waals surface area contributed by atoms with Gasteiger partial charge in [-0.25, -0.2) is 4.98 Å². The molecule has 0 atom stereocenters. The molecule has 4 rings (SSSR count). The van der Waals surface area contributed by atoms with Crippen LogP contribution < -0.4 is 10.7 Å². The van der Waals surface area contributed by atoms with Crippen molar-refractivity contribution in [3.63, 3.8) is 0 Å². The van der Waals surface area contributed by atoms with Crippen molar-refractivity contribution in [1.82, 2.24) is 10.3 Å². The lowest BCUT2D eigenvalue weighted by atomic mass is 10.0. The maximum absolute atomic E-state index is 13.3.